The molecule has 0 saturated heterocycles. The molecule has 1 atom stereocenters. The van der Waals surface area contributed by atoms with Gasteiger partial charge in [0, 0.05) is 11.6 Å². The molecule has 3 heteroatoms. The Morgan fingerprint density at radius 1 is 1.20 bits per heavy atom. The summed E-state index contributed by atoms with van der Waals surface area (Å²) in [5.41, 5.74) is 3.65. The Bertz CT molecular complexity index is 514. The number of fused-ring (bicyclic) bond motifs is 1. The molecule has 3 rings (SSSR count). The molecule has 0 aliphatic heterocycles. The van der Waals surface area contributed by atoms with Gasteiger partial charge in [-0.05, 0) is 17.2 Å². The normalized spacial score (nSPS) is 18.7. The van der Waals surface area contributed by atoms with Gasteiger partial charge in [-0.3, -0.25) is 0 Å². The number of aromatic nitrogens is 1. The SMILES string of the molecule is OC1C=C(c2ccon2)c2ccccc21. The monoisotopic (exact) mass is 199 g/mol. The molecule has 1 aromatic carbocycles. The number of nitrogens with zero attached hydrogens (tertiary/aromatic N) is 1. The maximum absolute atomic E-state index is 9.82. The van der Waals surface area contributed by atoms with Crippen LogP contribution in [0, 0.1) is 0 Å². The van der Waals surface area contributed by atoms with Crippen molar-refractivity contribution in [3.8, 4) is 0 Å². The van der Waals surface area contributed by atoms with Gasteiger partial charge in [-0.1, -0.05) is 29.4 Å². The van der Waals surface area contributed by atoms with E-state index in [-0.39, 0.29) is 0 Å². The average molecular weight is 199 g/mol. The fourth-order valence-electron chi connectivity index (χ4n) is 1.91. The van der Waals surface area contributed by atoms with Crippen LogP contribution in [0.2, 0.25) is 0 Å². The average Bonchev–Trinajstić information content (AvgIpc) is 2.87. The lowest BCUT2D eigenvalue weighted by Gasteiger charge is -2.02. The van der Waals surface area contributed by atoms with Gasteiger partial charge in [0.25, 0.3) is 0 Å². The molecule has 74 valence electrons. The molecule has 1 unspecified atom stereocenters. The van der Waals surface area contributed by atoms with Crippen LogP contribution in [0.3, 0.4) is 0 Å². The Morgan fingerprint density at radius 2 is 2.07 bits per heavy atom. The molecule has 1 aromatic heterocycles. The van der Waals surface area contributed by atoms with E-state index >= 15 is 0 Å². The molecule has 0 radical (unpaired) electrons. The van der Waals surface area contributed by atoms with Crippen LogP contribution < -0.4 is 0 Å². The highest BCUT2D eigenvalue weighted by atomic mass is 16.5. The first-order valence-electron chi connectivity index (χ1n) is 4.76. The van der Waals surface area contributed by atoms with Crippen LogP contribution in [0.5, 0.6) is 0 Å². The topological polar surface area (TPSA) is 46.3 Å². The summed E-state index contributed by atoms with van der Waals surface area (Å²) in [6.07, 6.45) is 2.79. The van der Waals surface area contributed by atoms with Gasteiger partial charge in [-0.25, -0.2) is 0 Å². The van der Waals surface area contributed by atoms with Gasteiger partial charge >= 0.3 is 0 Å². The molecule has 1 aliphatic carbocycles. The molecule has 2 aromatic rings. The first-order chi connectivity index (χ1) is 7.36. The summed E-state index contributed by atoms with van der Waals surface area (Å²) in [5, 5.41) is 13.7. The fraction of sp³-hybridized carbons (Fsp3) is 0.0833. The number of rotatable bonds is 1. The summed E-state index contributed by atoms with van der Waals surface area (Å²) in [6, 6.07) is 9.56. The lowest BCUT2D eigenvalue weighted by Crippen LogP contribution is -1.89. The van der Waals surface area contributed by atoms with Crippen LogP contribution in [0.15, 0.2) is 47.2 Å². The van der Waals surface area contributed by atoms with Crippen molar-refractivity contribution < 1.29 is 9.63 Å². The van der Waals surface area contributed by atoms with Crippen LogP contribution in [0.1, 0.15) is 22.9 Å². The minimum Gasteiger partial charge on any atom is -0.384 e. The fourth-order valence-corrected chi connectivity index (χ4v) is 1.91. The van der Waals surface area contributed by atoms with E-state index in [1.807, 2.05) is 24.3 Å². The zero-order valence-electron chi connectivity index (χ0n) is 7.92. The van der Waals surface area contributed by atoms with Crippen LogP contribution in [-0.2, 0) is 0 Å². The van der Waals surface area contributed by atoms with Crippen molar-refractivity contribution in [3.05, 3.63) is 59.5 Å². The third kappa shape index (κ3) is 1.21. The van der Waals surface area contributed by atoms with Crippen molar-refractivity contribution in [2.75, 3.05) is 0 Å². The van der Waals surface area contributed by atoms with Crippen LogP contribution >= 0.6 is 0 Å². The van der Waals surface area contributed by atoms with Crippen molar-refractivity contribution in [1.29, 1.82) is 0 Å². The molecule has 0 amide bonds. The molecule has 3 nitrogen and oxygen atoms in total. The summed E-state index contributed by atoms with van der Waals surface area (Å²) < 4.78 is 4.80. The number of benzene rings is 1. The second-order valence-electron chi connectivity index (χ2n) is 3.50. The van der Waals surface area contributed by atoms with Crippen LogP contribution in [0.25, 0.3) is 5.57 Å². The Balaban J connectivity index is 2.17. The van der Waals surface area contributed by atoms with Crippen molar-refractivity contribution >= 4 is 5.57 Å². The standard InChI is InChI=1S/C12H9NO2/c14-12-7-10(11-5-6-15-13-11)8-3-1-2-4-9(8)12/h1-7,12,14H. The van der Waals surface area contributed by atoms with E-state index in [0.29, 0.717) is 0 Å². The maximum atomic E-state index is 9.82. The molecule has 1 N–H and O–H groups in total. The first kappa shape index (κ1) is 8.44. The first-order valence-corrected chi connectivity index (χ1v) is 4.76. The largest absolute Gasteiger partial charge is 0.384 e. The maximum Gasteiger partial charge on any atom is 0.124 e. The molecule has 0 spiro atoms. The smallest absolute Gasteiger partial charge is 0.124 e. The molecule has 1 aliphatic rings. The van der Waals surface area contributed by atoms with Gasteiger partial charge in [-0.2, -0.15) is 0 Å². The van der Waals surface area contributed by atoms with Gasteiger partial charge in [0.15, 0.2) is 0 Å². The van der Waals surface area contributed by atoms with E-state index in [0.717, 1.165) is 22.4 Å². The molecule has 0 saturated carbocycles. The van der Waals surface area contributed by atoms with E-state index in [2.05, 4.69) is 5.16 Å². The van der Waals surface area contributed by atoms with E-state index in [9.17, 15) is 5.11 Å². The van der Waals surface area contributed by atoms with Crippen molar-refractivity contribution in [1.82, 2.24) is 5.16 Å². The molecular formula is C12H9NO2. The third-order valence-electron chi connectivity index (χ3n) is 2.61. The number of aliphatic hydroxyl groups excluding tert-OH is 1. The lowest BCUT2D eigenvalue weighted by molar-refractivity contribution is 0.232. The second-order valence-corrected chi connectivity index (χ2v) is 3.50. The Kier molecular flexibility index (Phi) is 1.73. The minimum absolute atomic E-state index is 0.534. The lowest BCUT2D eigenvalue weighted by atomic mass is 10.0. The zero-order chi connectivity index (χ0) is 10.3. The number of aliphatic hydroxyl groups is 1. The van der Waals surface area contributed by atoms with Crippen molar-refractivity contribution in [3.63, 3.8) is 0 Å². The van der Waals surface area contributed by atoms with Crippen molar-refractivity contribution in [2.24, 2.45) is 0 Å². The highest BCUT2D eigenvalue weighted by Crippen LogP contribution is 2.37. The summed E-state index contributed by atoms with van der Waals surface area (Å²) in [4.78, 5) is 0. The van der Waals surface area contributed by atoms with Gasteiger partial charge in [0.1, 0.15) is 12.0 Å². The highest BCUT2D eigenvalue weighted by Gasteiger charge is 2.23. The second kappa shape index (κ2) is 3.07. The zero-order valence-corrected chi connectivity index (χ0v) is 7.92. The van der Waals surface area contributed by atoms with E-state index in [1.165, 1.54) is 6.26 Å². The quantitative estimate of drug-likeness (QED) is 0.765. The van der Waals surface area contributed by atoms with Gasteiger partial charge in [0.2, 0.25) is 0 Å². The Hall–Kier alpha value is -1.87. The van der Waals surface area contributed by atoms with E-state index < -0.39 is 6.10 Å². The van der Waals surface area contributed by atoms with Gasteiger partial charge in [-0.15, -0.1) is 0 Å². The molecule has 15 heavy (non-hydrogen) atoms. The highest BCUT2D eigenvalue weighted by molar-refractivity contribution is 5.83. The van der Waals surface area contributed by atoms with Crippen LogP contribution in [0.4, 0.5) is 0 Å². The molecular weight excluding hydrogens is 190 g/mol. The molecule has 1 heterocycles. The van der Waals surface area contributed by atoms with E-state index in [4.69, 9.17) is 4.52 Å². The molecule has 0 fully saturated rings. The Morgan fingerprint density at radius 3 is 2.87 bits per heavy atom. The number of hydrogen-bond acceptors (Lipinski definition) is 3. The van der Waals surface area contributed by atoms with E-state index in [1.54, 1.807) is 12.1 Å². The summed E-state index contributed by atoms with van der Waals surface area (Å²) >= 11 is 0. The van der Waals surface area contributed by atoms with Gasteiger partial charge < -0.3 is 9.63 Å². The number of hydrogen-bond donors (Lipinski definition) is 1. The minimum atomic E-state index is -0.534. The summed E-state index contributed by atoms with van der Waals surface area (Å²) in [5.74, 6) is 0. The van der Waals surface area contributed by atoms with Gasteiger partial charge in [0.05, 0.1) is 6.10 Å². The van der Waals surface area contributed by atoms with Crippen molar-refractivity contribution in [2.45, 2.75) is 6.10 Å². The Labute approximate surface area is 86.6 Å². The predicted octanol–water partition coefficient (Wildman–Crippen LogP) is 2.15. The van der Waals surface area contributed by atoms with Crippen LogP contribution in [-0.4, -0.2) is 10.3 Å². The summed E-state index contributed by atoms with van der Waals surface area (Å²) in [6.45, 7) is 0. The summed E-state index contributed by atoms with van der Waals surface area (Å²) in [7, 11) is 0. The molecule has 0 bridgehead atoms. The third-order valence-corrected chi connectivity index (χ3v) is 2.61. The predicted molar refractivity (Wildman–Crippen MR) is 55.0 cm³/mol.